The highest BCUT2D eigenvalue weighted by Gasteiger charge is 2.21. The van der Waals surface area contributed by atoms with Crippen molar-refractivity contribution in [1.29, 1.82) is 0 Å². The Hall–Kier alpha value is -1.16. The van der Waals surface area contributed by atoms with E-state index in [9.17, 15) is 8.78 Å². The smallest absolute Gasteiger partial charge is 0.168 e. The predicted molar refractivity (Wildman–Crippen MR) is 64.9 cm³/mol. The Morgan fingerprint density at radius 1 is 1.33 bits per heavy atom. The van der Waals surface area contributed by atoms with Gasteiger partial charge in [0.15, 0.2) is 11.6 Å². The zero-order chi connectivity index (χ0) is 13.1. The Morgan fingerprint density at radius 2 is 2.11 bits per heavy atom. The summed E-state index contributed by atoms with van der Waals surface area (Å²) in [4.78, 5) is 0. The molecular formula is C14H18F2O2. The molecule has 0 radical (unpaired) electrons. The van der Waals surface area contributed by atoms with Gasteiger partial charge in [0.1, 0.15) is 11.9 Å². The highest BCUT2D eigenvalue weighted by molar-refractivity contribution is 5.38. The molecule has 100 valence electrons. The van der Waals surface area contributed by atoms with Crippen LogP contribution in [0.2, 0.25) is 0 Å². The van der Waals surface area contributed by atoms with Gasteiger partial charge in [-0.2, -0.15) is 0 Å². The lowest BCUT2D eigenvalue weighted by Crippen LogP contribution is -2.28. The molecule has 1 atom stereocenters. The predicted octanol–water partition coefficient (Wildman–Crippen LogP) is 3.65. The van der Waals surface area contributed by atoms with Crippen LogP contribution in [0.15, 0.2) is 12.1 Å². The highest BCUT2D eigenvalue weighted by atomic mass is 19.1. The molecule has 1 heterocycles. The lowest BCUT2D eigenvalue weighted by Gasteiger charge is -2.25. The van der Waals surface area contributed by atoms with Crippen molar-refractivity contribution in [3.63, 3.8) is 0 Å². The van der Waals surface area contributed by atoms with Crippen LogP contribution in [-0.4, -0.2) is 19.3 Å². The Morgan fingerprint density at radius 3 is 2.72 bits per heavy atom. The van der Waals surface area contributed by atoms with E-state index in [4.69, 9.17) is 9.47 Å². The van der Waals surface area contributed by atoms with Crippen molar-refractivity contribution in [2.75, 3.05) is 13.2 Å². The van der Waals surface area contributed by atoms with Gasteiger partial charge >= 0.3 is 0 Å². The van der Waals surface area contributed by atoms with Crippen LogP contribution in [0.25, 0.3) is 0 Å². The number of ether oxygens (including phenoxy) is 2. The van der Waals surface area contributed by atoms with Gasteiger partial charge in [-0.15, -0.1) is 0 Å². The minimum Gasteiger partial charge on any atom is -0.485 e. The first-order chi connectivity index (χ1) is 8.58. The first kappa shape index (κ1) is 13.3. The summed E-state index contributed by atoms with van der Waals surface area (Å²) >= 11 is 0. The van der Waals surface area contributed by atoms with E-state index in [1.54, 1.807) is 0 Å². The van der Waals surface area contributed by atoms with E-state index in [1.165, 1.54) is 6.07 Å². The van der Waals surface area contributed by atoms with Crippen molar-refractivity contribution in [3.05, 3.63) is 29.3 Å². The third-order valence-electron chi connectivity index (χ3n) is 3.06. The minimum absolute atomic E-state index is 0.00899. The molecule has 0 aliphatic carbocycles. The largest absolute Gasteiger partial charge is 0.485 e. The second-order valence-corrected chi connectivity index (χ2v) is 4.92. The molecule has 0 N–H and O–H groups in total. The summed E-state index contributed by atoms with van der Waals surface area (Å²) in [7, 11) is 0. The fourth-order valence-electron chi connectivity index (χ4n) is 2.10. The van der Waals surface area contributed by atoms with Crippen LogP contribution < -0.4 is 4.74 Å². The van der Waals surface area contributed by atoms with Crippen molar-refractivity contribution in [2.45, 2.75) is 38.7 Å². The maximum Gasteiger partial charge on any atom is 0.168 e. The second kappa shape index (κ2) is 5.65. The van der Waals surface area contributed by atoms with E-state index in [0.29, 0.717) is 12.2 Å². The van der Waals surface area contributed by atoms with E-state index in [-0.39, 0.29) is 17.8 Å². The maximum atomic E-state index is 13.8. The van der Waals surface area contributed by atoms with Crippen LogP contribution in [0.5, 0.6) is 5.75 Å². The summed E-state index contributed by atoms with van der Waals surface area (Å²) in [6.07, 6.45) is 1.61. The van der Waals surface area contributed by atoms with Crippen molar-refractivity contribution in [2.24, 2.45) is 0 Å². The zero-order valence-corrected chi connectivity index (χ0v) is 10.7. The molecular weight excluding hydrogens is 238 g/mol. The number of hydrogen-bond donors (Lipinski definition) is 0. The molecule has 0 amide bonds. The summed E-state index contributed by atoms with van der Waals surface area (Å²) < 4.78 is 38.0. The van der Waals surface area contributed by atoms with Crippen LogP contribution in [0, 0.1) is 11.6 Å². The minimum atomic E-state index is -0.635. The highest BCUT2D eigenvalue weighted by Crippen LogP contribution is 2.32. The molecule has 4 heteroatoms. The monoisotopic (exact) mass is 256 g/mol. The summed E-state index contributed by atoms with van der Waals surface area (Å²) in [6, 6.07) is 2.21. The third-order valence-corrected chi connectivity index (χ3v) is 3.06. The number of benzene rings is 1. The zero-order valence-electron chi connectivity index (χ0n) is 10.7. The van der Waals surface area contributed by atoms with Crippen molar-refractivity contribution in [3.8, 4) is 5.75 Å². The average molecular weight is 256 g/mol. The SMILES string of the molecule is CC(C)c1cc(F)cc(F)c1OC1CCCOC1. The van der Waals surface area contributed by atoms with E-state index < -0.39 is 11.6 Å². The Bertz CT molecular complexity index is 413. The molecule has 1 aliphatic heterocycles. The van der Waals surface area contributed by atoms with Crippen molar-refractivity contribution in [1.82, 2.24) is 0 Å². The average Bonchev–Trinajstić information content (AvgIpc) is 2.33. The van der Waals surface area contributed by atoms with E-state index in [2.05, 4.69) is 0 Å². The van der Waals surface area contributed by atoms with Gasteiger partial charge in [-0.05, 0) is 24.8 Å². The van der Waals surface area contributed by atoms with E-state index in [1.807, 2.05) is 13.8 Å². The molecule has 1 aromatic carbocycles. The molecule has 0 bridgehead atoms. The van der Waals surface area contributed by atoms with Gasteiger partial charge in [0.05, 0.1) is 6.61 Å². The second-order valence-electron chi connectivity index (χ2n) is 4.92. The lowest BCUT2D eigenvalue weighted by atomic mass is 10.0. The molecule has 1 aliphatic rings. The molecule has 18 heavy (non-hydrogen) atoms. The first-order valence-corrected chi connectivity index (χ1v) is 6.31. The van der Waals surface area contributed by atoms with Crippen LogP contribution in [0.4, 0.5) is 8.78 Å². The molecule has 0 saturated carbocycles. The maximum absolute atomic E-state index is 13.8. The van der Waals surface area contributed by atoms with Gasteiger partial charge in [0, 0.05) is 18.2 Å². The summed E-state index contributed by atoms with van der Waals surface area (Å²) in [5, 5.41) is 0. The molecule has 0 aromatic heterocycles. The van der Waals surface area contributed by atoms with Crippen LogP contribution in [-0.2, 0) is 4.74 Å². The molecule has 2 rings (SSSR count). The van der Waals surface area contributed by atoms with Gasteiger partial charge in [0.25, 0.3) is 0 Å². The Labute approximate surface area is 106 Å². The lowest BCUT2D eigenvalue weighted by molar-refractivity contribution is 0.00531. The van der Waals surface area contributed by atoms with Gasteiger partial charge in [-0.25, -0.2) is 8.78 Å². The van der Waals surface area contributed by atoms with Gasteiger partial charge < -0.3 is 9.47 Å². The molecule has 1 aromatic rings. The molecule has 1 unspecified atom stereocenters. The molecule has 1 fully saturated rings. The summed E-state index contributed by atoms with van der Waals surface area (Å²) in [5.74, 6) is -1.02. The Kier molecular flexibility index (Phi) is 4.17. The van der Waals surface area contributed by atoms with E-state index >= 15 is 0 Å². The van der Waals surface area contributed by atoms with Gasteiger partial charge in [-0.1, -0.05) is 13.8 Å². The topological polar surface area (TPSA) is 18.5 Å². The molecule has 1 saturated heterocycles. The first-order valence-electron chi connectivity index (χ1n) is 6.31. The van der Waals surface area contributed by atoms with Crippen LogP contribution >= 0.6 is 0 Å². The van der Waals surface area contributed by atoms with Crippen molar-refractivity contribution < 1.29 is 18.3 Å². The Balaban J connectivity index is 2.24. The molecule has 2 nitrogen and oxygen atoms in total. The van der Waals surface area contributed by atoms with Gasteiger partial charge in [0.2, 0.25) is 0 Å². The van der Waals surface area contributed by atoms with Gasteiger partial charge in [-0.3, -0.25) is 0 Å². The fourth-order valence-corrected chi connectivity index (χ4v) is 2.10. The van der Waals surface area contributed by atoms with Crippen LogP contribution in [0.1, 0.15) is 38.2 Å². The number of hydrogen-bond acceptors (Lipinski definition) is 2. The van der Waals surface area contributed by atoms with Crippen molar-refractivity contribution >= 4 is 0 Å². The van der Waals surface area contributed by atoms with E-state index in [0.717, 1.165) is 25.5 Å². The third kappa shape index (κ3) is 2.99. The molecule has 0 spiro atoms. The fraction of sp³-hybridized carbons (Fsp3) is 0.571. The normalized spacial score (nSPS) is 20.2. The van der Waals surface area contributed by atoms with Crippen LogP contribution in [0.3, 0.4) is 0 Å². The number of rotatable bonds is 3. The number of halogens is 2. The quantitative estimate of drug-likeness (QED) is 0.822. The standard InChI is InChI=1S/C14H18F2O2/c1-9(2)12-6-10(15)7-13(16)14(12)18-11-4-3-5-17-8-11/h6-7,9,11H,3-5,8H2,1-2H3. The summed E-state index contributed by atoms with van der Waals surface area (Å²) in [6.45, 7) is 4.97. The summed E-state index contributed by atoms with van der Waals surface area (Å²) in [5.41, 5.74) is 0.568.